The first-order valence-electron chi connectivity index (χ1n) is 5.89. The maximum absolute atomic E-state index is 12.0. The van der Waals surface area contributed by atoms with Crippen LogP contribution in [0, 0.1) is 10.1 Å². The van der Waals surface area contributed by atoms with E-state index in [2.05, 4.69) is 5.32 Å². The second kappa shape index (κ2) is 5.95. The highest BCUT2D eigenvalue weighted by Crippen LogP contribution is 2.26. The van der Waals surface area contributed by atoms with Gasteiger partial charge in [-0.3, -0.25) is 14.9 Å². The fourth-order valence-corrected chi connectivity index (χ4v) is 1.67. The lowest BCUT2D eigenvalue weighted by atomic mass is 10.2. The molecule has 22 heavy (non-hydrogen) atoms. The third-order valence-electron chi connectivity index (χ3n) is 2.69. The van der Waals surface area contributed by atoms with Crippen molar-refractivity contribution in [3.8, 4) is 5.75 Å². The molecule has 2 aromatic rings. The monoisotopic (exact) mass is 306 g/mol. The SMILES string of the molecule is COc1ccc(C(=O)O)cc1NC(=O)c1ccc([N+](=O)[O-])o1. The number of benzene rings is 1. The Labute approximate surface area is 123 Å². The van der Waals surface area contributed by atoms with Crippen LogP contribution >= 0.6 is 0 Å². The summed E-state index contributed by atoms with van der Waals surface area (Å²) in [6, 6.07) is 6.08. The van der Waals surface area contributed by atoms with Gasteiger partial charge in [-0.1, -0.05) is 0 Å². The fourth-order valence-electron chi connectivity index (χ4n) is 1.67. The molecule has 0 saturated heterocycles. The fraction of sp³-hybridized carbons (Fsp3) is 0.0769. The zero-order valence-corrected chi connectivity index (χ0v) is 11.2. The number of nitrogens with one attached hydrogen (secondary N) is 1. The van der Waals surface area contributed by atoms with E-state index in [4.69, 9.17) is 14.3 Å². The number of anilines is 1. The van der Waals surface area contributed by atoms with E-state index in [1.165, 1.54) is 25.3 Å². The minimum Gasteiger partial charge on any atom is -0.495 e. The molecule has 1 amide bonds. The van der Waals surface area contributed by atoms with E-state index in [-0.39, 0.29) is 22.8 Å². The zero-order chi connectivity index (χ0) is 16.3. The molecule has 114 valence electrons. The number of hydrogen-bond donors (Lipinski definition) is 2. The number of amides is 1. The van der Waals surface area contributed by atoms with Gasteiger partial charge in [0.15, 0.2) is 5.76 Å². The number of furan rings is 1. The van der Waals surface area contributed by atoms with Crippen LogP contribution in [0.2, 0.25) is 0 Å². The van der Waals surface area contributed by atoms with Gasteiger partial charge in [0.1, 0.15) is 10.7 Å². The lowest BCUT2D eigenvalue weighted by Crippen LogP contribution is -2.12. The van der Waals surface area contributed by atoms with E-state index in [0.717, 1.165) is 12.1 Å². The van der Waals surface area contributed by atoms with Crippen molar-refractivity contribution in [1.29, 1.82) is 0 Å². The Balaban J connectivity index is 2.28. The van der Waals surface area contributed by atoms with Crippen LogP contribution in [0.15, 0.2) is 34.7 Å². The average molecular weight is 306 g/mol. The lowest BCUT2D eigenvalue weighted by Gasteiger charge is -2.09. The molecular weight excluding hydrogens is 296 g/mol. The molecule has 0 aliphatic carbocycles. The summed E-state index contributed by atoms with van der Waals surface area (Å²) in [7, 11) is 1.35. The molecule has 0 radical (unpaired) electrons. The van der Waals surface area contributed by atoms with Crippen LogP contribution in [0.4, 0.5) is 11.6 Å². The standard InChI is InChI=1S/C13H10N2O7/c1-21-9-3-2-7(13(17)18)6-8(9)14-12(16)10-4-5-11(22-10)15(19)20/h2-6H,1H3,(H,14,16)(H,17,18). The summed E-state index contributed by atoms with van der Waals surface area (Å²) in [5.41, 5.74) is 0.0491. The van der Waals surface area contributed by atoms with Gasteiger partial charge < -0.3 is 19.6 Å². The molecule has 0 spiro atoms. The highest BCUT2D eigenvalue weighted by molar-refractivity contribution is 6.04. The third-order valence-corrected chi connectivity index (χ3v) is 2.69. The number of carboxylic acid groups (broad SMARTS) is 1. The van der Waals surface area contributed by atoms with Crippen LogP contribution in [0.3, 0.4) is 0 Å². The quantitative estimate of drug-likeness (QED) is 0.638. The van der Waals surface area contributed by atoms with Crippen LogP contribution in [-0.2, 0) is 0 Å². The van der Waals surface area contributed by atoms with Crippen molar-refractivity contribution in [3.05, 3.63) is 51.8 Å². The predicted molar refractivity (Wildman–Crippen MR) is 73.3 cm³/mol. The van der Waals surface area contributed by atoms with Crippen LogP contribution in [0.1, 0.15) is 20.9 Å². The molecule has 1 aromatic carbocycles. The van der Waals surface area contributed by atoms with E-state index < -0.39 is 22.7 Å². The van der Waals surface area contributed by atoms with Crippen LogP contribution in [-0.4, -0.2) is 29.0 Å². The summed E-state index contributed by atoms with van der Waals surface area (Å²) < 4.78 is 9.78. The van der Waals surface area contributed by atoms with E-state index >= 15 is 0 Å². The van der Waals surface area contributed by atoms with Gasteiger partial charge in [-0.2, -0.15) is 0 Å². The first-order chi connectivity index (χ1) is 10.4. The first kappa shape index (κ1) is 15.0. The molecule has 1 aromatic heterocycles. The van der Waals surface area contributed by atoms with E-state index in [1.807, 2.05) is 0 Å². The van der Waals surface area contributed by atoms with Gasteiger partial charge in [-0.15, -0.1) is 0 Å². The molecule has 0 aliphatic rings. The Morgan fingerprint density at radius 2 is 2.05 bits per heavy atom. The predicted octanol–water partition coefficient (Wildman–Crippen LogP) is 2.15. The number of ether oxygens (including phenoxy) is 1. The highest BCUT2D eigenvalue weighted by Gasteiger charge is 2.19. The number of aromatic carboxylic acids is 1. The molecule has 2 N–H and O–H groups in total. The zero-order valence-electron chi connectivity index (χ0n) is 11.2. The summed E-state index contributed by atoms with van der Waals surface area (Å²) in [5.74, 6) is -2.56. The summed E-state index contributed by atoms with van der Waals surface area (Å²) >= 11 is 0. The van der Waals surface area contributed by atoms with Gasteiger partial charge in [0.2, 0.25) is 0 Å². The lowest BCUT2D eigenvalue weighted by molar-refractivity contribution is -0.402. The van der Waals surface area contributed by atoms with Crippen LogP contribution < -0.4 is 10.1 Å². The smallest absolute Gasteiger partial charge is 0.433 e. The Morgan fingerprint density at radius 3 is 2.59 bits per heavy atom. The van der Waals surface area contributed by atoms with Gasteiger partial charge in [0.05, 0.1) is 24.4 Å². The Morgan fingerprint density at radius 1 is 1.32 bits per heavy atom. The van der Waals surface area contributed by atoms with E-state index in [9.17, 15) is 19.7 Å². The number of methoxy groups -OCH3 is 1. The number of nitro groups is 1. The van der Waals surface area contributed by atoms with Gasteiger partial charge in [-0.05, 0) is 24.3 Å². The topological polar surface area (TPSA) is 132 Å². The van der Waals surface area contributed by atoms with Crippen molar-refractivity contribution >= 4 is 23.4 Å². The van der Waals surface area contributed by atoms with Crippen molar-refractivity contribution < 1.29 is 28.8 Å². The maximum atomic E-state index is 12.0. The molecule has 2 rings (SSSR count). The summed E-state index contributed by atoms with van der Waals surface area (Å²) in [6.07, 6.45) is 0. The second-order valence-electron chi connectivity index (χ2n) is 4.07. The second-order valence-corrected chi connectivity index (χ2v) is 4.07. The number of nitrogens with zero attached hydrogens (tertiary/aromatic N) is 1. The molecule has 0 bridgehead atoms. The van der Waals surface area contributed by atoms with Gasteiger partial charge in [0.25, 0.3) is 5.91 Å². The van der Waals surface area contributed by atoms with Crippen molar-refractivity contribution in [2.45, 2.75) is 0 Å². The number of rotatable bonds is 5. The Bertz CT molecular complexity index is 751. The van der Waals surface area contributed by atoms with Gasteiger partial charge in [0, 0.05) is 0 Å². The van der Waals surface area contributed by atoms with Crippen molar-refractivity contribution in [1.82, 2.24) is 0 Å². The molecule has 0 saturated carbocycles. The van der Waals surface area contributed by atoms with Crippen molar-refractivity contribution in [3.63, 3.8) is 0 Å². The summed E-state index contributed by atoms with van der Waals surface area (Å²) in [6.45, 7) is 0. The van der Waals surface area contributed by atoms with Gasteiger partial charge >= 0.3 is 11.9 Å². The molecule has 0 aliphatic heterocycles. The van der Waals surface area contributed by atoms with Crippen molar-refractivity contribution in [2.75, 3.05) is 12.4 Å². The molecule has 9 nitrogen and oxygen atoms in total. The Kier molecular flexibility index (Phi) is 4.07. The summed E-state index contributed by atoms with van der Waals surface area (Å²) in [4.78, 5) is 32.6. The number of carbonyl (C=O) groups is 2. The highest BCUT2D eigenvalue weighted by atomic mass is 16.6. The summed E-state index contributed by atoms with van der Waals surface area (Å²) in [5, 5.41) is 21.8. The largest absolute Gasteiger partial charge is 0.495 e. The normalized spacial score (nSPS) is 10.0. The van der Waals surface area contributed by atoms with Crippen LogP contribution in [0.25, 0.3) is 0 Å². The number of carbonyl (C=O) groups excluding carboxylic acids is 1. The first-order valence-corrected chi connectivity index (χ1v) is 5.89. The van der Waals surface area contributed by atoms with Crippen LogP contribution in [0.5, 0.6) is 5.75 Å². The molecule has 0 atom stereocenters. The number of carboxylic acids is 1. The molecular formula is C13H10N2O7. The maximum Gasteiger partial charge on any atom is 0.433 e. The van der Waals surface area contributed by atoms with E-state index in [1.54, 1.807) is 0 Å². The molecule has 1 heterocycles. The molecule has 0 fully saturated rings. The average Bonchev–Trinajstić information content (AvgIpc) is 2.97. The van der Waals surface area contributed by atoms with E-state index in [0.29, 0.717) is 0 Å². The van der Waals surface area contributed by atoms with Crippen molar-refractivity contribution in [2.24, 2.45) is 0 Å². The molecule has 9 heteroatoms. The Hall–Kier alpha value is -3.36. The minimum atomic E-state index is -1.17. The number of hydrogen-bond acceptors (Lipinski definition) is 6. The molecule has 0 unspecified atom stereocenters. The minimum absolute atomic E-state index is 0.0541. The third kappa shape index (κ3) is 3.03. The van der Waals surface area contributed by atoms with Gasteiger partial charge in [-0.25, -0.2) is 4.79 Å².